The quantitative estimate of drug-likeness (QED) is 0.691. The number of nitrogens with one attached hydrogen (secondary N) is 1. The van der Waals surface area contributed by atoms with E-state index in [1.165, 1.54) is 0 Å². The van der Waals surface area contributed by atoms with Gasteiger partial charge in [0.1, 0.15) is 0 Å². The van der Waals surface area contributed by atoms with Gasteiger partial charge in [0.05, 0.1) is 6.07 Å². The van der Waals surface area contributed by atoms with Gasteiger partial charge in [0.2, 0.25) is 10.0 Å². The van der Waals surface area contributed by atoms with Gasteiger partial charge in [0.15, 0.2) is 5.75 Å². The van der Waals surface area contributed by atoms with Crippen LogP contribution in [0.15, 0.2) is 0 Å². The average molecular weight is 232 g/mol. The maximum Gasteiger partial charge on any atom is 0.225 e. The molecule has 0 aliphatic carbocycles. The lowest BCUT2D eigenvalue weighted by Crippen LogP contribution is -2.30. The highest BCUT2D eigenvalue weighted by Crippen LogP contribution is 2.11. The Morgan fingerprint density at radius 3 is 2.53 bits per heavy atom. The monoisotopic (exact) mass is 232 g/mol. The zero-order valence-electron chi connectivity index (χ0n) is 9.49. The van der Waals surface area contributed by atoms with Gasteiger partial charge >= 0.3 is 0 Å². The molecule has 0 aromatic heterocycles. The Morgan fingerprint density at radius 1 is 1.40 bits per heavy atom. The molecule has 1 N–H and O–H groups in total. The topological polar surface area (TPSA) is 70.0 Å². The highest BCUT2D eigenvalue weighted by molar-refractivity contribution is 7.89. The van der Waals surface area contributed by atoms with Gasteiger partial charge in [-0.05, 0) is 12.3 Å². The van der Waals surface area contributed by atoms with Crippen LogP contribution in [0, 0.1) is 17.2 Å². The molecule has 5 heteroatoms. The number of hydrogen-bond acceptors (Lipinski definition) is 3. The van der Waals surface area contributed by atoms with Crippen LogP contribution in [0.1, 0.15) is 39.5 Å². The van der Waals surface area contributed by atoms with E-state index < -0.39 is 15.8 Å². The summed E-state index contributed by atoms with van der Waals surface area (Å²) in [5.41, 5.74) is 0. The standard InChI is InChI=1S/C10H20N2O2S/c1-3-5-6-10(4-2)9-12-15(13,14)8-7-11/h10,12H,3-6,8-9H2,1-2H3. The van der Waals surface area contributed by atoms with Crippen molar-refractivity contribution in [3.8, 4) is 6.07 Å². The van der Waals surface area contributed by atoms with Crippen molar-refractivity contribution in [2.45, 2.75) is 39.5 Å². The number of unbranched alkanes of at least 4 members (excludes halogenated alkanes) is 1. The fraction of sp³-hybridized carbons (Fsp3) is 0.900. The van der Waals surface area contributed by atoms with Crippen LogP contribution in [0.2, 0.25) is 0 Å². The lowest BCUT2D eigenvalue weighted by molar-refractivity contribution is 0.444. The third-order valence-electron chi connectivity index (χ3n) is 2.39. The Kier molecular flexibility index (Phi) is 7.35. The number of nitriles is 1. The third kappa shape index (κ3) is 7.34. The third-order valence-corrected chi connectivity index (χ3v) is 3.51. The average Bonchev–Trinajstić information content (AvgIpc) is 2.18. The van der Waals surface area contributed by atoms with Crippen LogP contribution in [-0.2, 0) is 10.0 Å². The Bertz CT molecular complexity index is 293. The minimum absolute atomic E-state index is 0.387. The van der Waals surface area contributed by atoms with Crippen LogP contribution in [0.4, 0.5) is 0 Å². The van der Waals surface area contributed by atoms with E-state index in [4.69, 9.17) is 5.26 Å². The molecule has 0 heterocycles. The fourth-order valence-corrected chi connectivity index (χ4v) is 2.09. The summed E-state index contributed by atoms with van der Waals surface area (Å²) in [5.74, 6) is -0.0598. The molecule has 0 rings (SSSR count). The minimum Gasteiger partial charge on any atom is -0.214 e. The lowest BCUT2D eigenvalue weighted by Gasteiger charge is -2.14. The van der Waals surface area contributed by atoms with Crippen molar-refractivity contribution in [2.24, 2.45) is 5.92 Å². The smallest absolute Gasteiger partial charge is 0.214 e. The predicted molar refractivity (Wildman–Crippen MR) is 60.7 cm³/mol. The predicted octanol–water partition coefficient (Wildman–Crippen LogP) is 1.65. The van der Waals surface area contributed by atoms with Crippen LogP contribution in [0.3, 0.4) is 0 Å². The molecule has 15 heavy (non-hydrogen) atoms. The Hall–Kier alpha value is -0.600. The molecule has 0 radical (unpaired) electrons. The van der Waals surface area contributed by atoms with Crippen molar-refractivity contribution in [1.82, 2.24) is 4.72 Å². The fourth-order valence-electron chi connectivity index (χ4n) is 1.32. The molecule has 1 atom stereocenters. The van der Waals surface area contributed by atoms with E-state index in [9.17, 15) is 8.42 Å². The van der Waals surface area contributed by atoms with Gasteiger partial charge in [-0.2, -0.15) is 5.26 Å². The molecule has 0 aromatic rings. The van der Waals surface area contributed by atoms with Gasteiger partial charge in [-0.3, -0.25) is 0 Å². The first-order valence-corrected chi connectivity index (χ1v) is 7.05. The first kappa shape index (κ1) is 14.4. The maximum atomic E-state index is 11.2. The molecule has 0 bridgehead atoms. The Morgan fingerprint density at radius 2 is 2.07 bits per heavy atom. The van der Waals surface area contributed by atoms with Crippen LogP contribution in [0.25, 0.3) is 0 Å². The molecule has 0 saturated heterocycles. The van der Waals surface area contributed by atoms with Gasteiger partial charge in [0, 0.05) is 6.54 Å². The van der Waals surface area contributed by atoms with Crippen molar-refractivity contribution in [3.05, 3.63) is 0 Å². The van der Waals surface area contributed by atoms with Gasteiger partial charge in [0.25, 0.3) is 0 Å². The van der Waals surface area contributed by atoms with Gasteiger partial charge < -0.3 is 0 Å². The molecular weight excluding hydrogens is 212 g/mol. The second-order valence-electron chi connectivity index (χ2n) is 3.68. The molecule has 0 aliphatic heterocycles. The van der Waals surface area contributed by atoms with E-state index in [0.29, 0.717) is 12.5 Å². The lowest BCUT2D eigenvalue weighted by atomic mass is 10.00. The van der Waals surface area contributed by atoms with Gasteiger partial charge in [-0.25, -0.2) is 13.1 Å². The zero-order valence-corrected chi connectivity index (χ0v) is 10.3. The van der Waals surface area contributed by atoms with E-state index in [1.807, 2.05) is 0 Å². The summed E-state index contributed by atoms with van der Waals surface area (Å²) in [7, 11) is -3.37. The van der Waals surface area contributed by atoms with Crippen molar-refractivity contribution in [1.29, 1.82) is 5.26 Å². The van der Waals surface area contributed by atoms with Gasteiger partial charge in [-0.15, -0.1) is 0 Å². The minimum atomic E-state index is -3.37. The Labute approximate surface area is 92.7 Å². The molecule has 0 spiro atoms. The first-order chi connectivity index (χ1) is 7.05. The Balaban J connectivity index is 3.95. The number of sulfonamides is 1. The second-order valence-corrected chi connectivity index (χ2v) is 5.49. The maximum absolute atomic E-state index is 11.2. The van der Waals surface area contributed by atoms with E-state index in [2.05, 4.69) is 18.6 Å². The summed E-state index contributed by atoms with van der Waals surface area (Å²) in [6, 6.07) is 1.64. The van der Waals surface area contributed by atoms with Gasteiger partial charge in [-0.1, -0.05) is 33.1 Å². The van der Waals surface area contributed by atoms with E-state index in [0.717, 1.165) is 25.7 Å². The largest absolute Gasteiger partial charge is 0.225 e. The first-order valence-electron chi connectivity index (χ1n) is 5.40. The molecule has 0 saturated carbocycles. The van der Waals surface area contributed by atoms with Crippen LogP contribution in [0.5, 0.6) is 0 Å². The van der Waals surface area contributed by atoms with E-state index >= 15 is 0 Å². The molecule has 0 aromatic carbocycles. The highest BCUT2D eigenvalue weighted by Gasteiger charge is 2.12. The highest BCUT2D eigenvalue weighted by atomic mass is 32.2. The molecule has 4 nitrogen and oxygen atoms in total. The molecule has 1 unspecified atom stereocenters. The van der Waals surface area contributed by atoms with Crippen molar-refractivity contribution in [3.63, 3.8) is 0 Å². The van der Waals surface area contributed by atoms with E-state index in [1.54, 1.807) is 6.07 Å². The van der Waals surface area contributed by atoms with Crippen LogP contribution >= 0.6 is 0 Å². The summed E-state index contributed by atoms with van der Waals surface area (Å²) in [5, 5.41) is 8.30. The second kappa shape index (κ2) is 7.66. The molecule has 0 aliphatic rings. The normalized spacial score (nSPS) is 13.4. The van der Waals surface area contributed by atoms with Crippen molar-refractivity contribution < 1.29 is 8.42 Å². The SMILES string of the molecule is CCCCC(CC)CNS(=O)(=O)CC#N. The summed E-state index contributed by atoms with van der Waals surface area (Å²) in [6.07, 6.45) is 4.26. The zero-order chi connectivity index (χ0) is 11.7. The van der Waals surface area contributed by atoms with Crippen LogP contribution < -0.4 is 4.72 Å². The molecule has 0 amide bonds. The molecule has 0 fully saturated rings. The number of rotatable bonds is 8. The van der Waals surface area contributed by atoms with Crippen molar-refractivity contribution >= 4 is 10.0 Å². The summed E-state index contributed by atoms with van der Waals surface area (Å²) < 4.78 is 24.9. The van der Waals surface area contributed by atoms with E-state index in [-0.39, 0.29) is 0 Å². The molecule has 88 valence electrons. The number of hydrogen-bond donors (Lipinski definition) is 1. The summed E-state index contributed by atoms with van der Waals surface area (Å²) >= 11 is 0. The summed E-state index contributed by atoms with van der Waals surface area (Å²) in [4.78, 5) is 0. The van der Waals surface area contributed by atoms with Crippen LogP contribution in [-0.4, -0.2) is 20.7 Å². The van der Waals surface area contributed by atoms with Crippen molar-refractivity contribution in [2.75, 3.05) is 12.3 Å². The molecular formula is C10H20N2O2S. The summed E-state index contributed by atoms with van der Waals surface area (Å²) in [6.45, 7) is 4.63. The number of nitrogens with zero attached hydrogens (tertiary/aromatic N) is 1.